The van der Waals surface area contributed by atoms with E-state index in [0.29, 0.717) is 5.69 Å². The predicted molar refractivity (Wildman–Crippen MR) is 154 cm³/mol. The molecule has 10 heteroatoms. The highest BCUT2D eigenvalue weighted by Crippen LogP contribution is 2.21. The number of benzene rings is 3. The molecule has 0 heterocycles. The predicted octanol–water partition coefficient (Wildman–Crippen LogP) is 4.19. The summed E-state index contributed by atoms with van der Waals surface area (Å²) in [5.41, 5.74) is 2.15. The second-order valence-electron chi connectivity index (χ2n) is 9.99. The van der Waals surface area contributed by atoms with E-state index < -0.39 is 28.3 Å². The van der Waals surface area contributed by atoms with Crippen molar-refractivity contribution < 1.29 is 27.9 Å². The Bertz CT molecular complexity index is 1330. The van der Waals surface area contributed by atoms with Crippen LogP contribution in [0.5, 0.6) is 0 Å². The molecule has 0 saturated heterocycles. The number of aliphatic hydroxyl groups excluding tert-OH is 1. The first-order valence-electron chi connectivity index (χ1n) is 13.1. The molecule has 0 bridgehead atoms. The quantitative estimate of drug-likeness (QED) is 0.285. The lowest BCUT2D eigenvalue weighted by Crippen LogP contribution is -2.51. The highest BCUT2D eigenvalue weighted by Gasteiger charge is 2.31. The summed E-state index contributed by atoms with van der Waals surface area (Å²) in [6.07, 6.45) is -1.68. The van der Waals surface area contributed by atoms with E-state index in [2.05, 4.69) is 10.6 Å². The number of hydrogen-bond donors (Lipinski definition) is 3. The molecule has 0 aliphatic heterocycles. The molecule has 3 rings (SSSR count). The van der Waals surface area contributed by atoms with Gasteiger partial charge in [-0.1, -0.05) is 74.5 Å². The van der Waals surface area contributed by atoms with Crippen molar-refractivity contribution in [2.24, 2.45) is 5.92 Å². The van der Waals surface area contributed by atoms with E-state index in [4.69, 9.17) is 4.74 Å². The van der Waals surface area contributed by atoms with Gasteiger partial charge in [-0.3, -0.25) is 4.79 Å². The van der Waals surface area contributed by atoms with Gasteiger partial charge in [0.15, 0.2) is 0 Å². The molecule has 2 atom stereocenters. The smallest absolute Gasteiger partial charge is 0.407 e. The molecule has 2 amide bonds. The highest BCUT2D eigenvalue weighted by molar-refractivity contribution is 7.89. The van der Waals surface area contributed by atoms with Crippen LogP contribution in [0.3, 0.4) is 0 Å². The number of nitrogens with zero attached hydrogens (tertiary/aromatic N) is 1. The van der Waals surface area contributed by atoms with Crippen LogP contribution >= 0.6 is 0 Å². The Labute approximate surface area is 236 Å². The lowest BCUT2D eigenvalue weighted by atomic mass is 10.0. The molecule has 3 N–H and O–H groups in total. The molecule has 0 aromatic heterocycles. The van der Waals surface area contributed by atoms with Gasteiger partial charge in [0.1, 0.15) is 6.61 Å². The third-order valence-corrected chi connectivity index (χ3v) is 7.90. The molecule has 0 spiro atoms. The first kappa shape index (κ1) is 30.8. The van der Waals surface area contributed by atoms with E-state index in [9.17, 15) is 23.1 Å². The van der Waals surface area contributed by atoms with E-state index in [1.54, 1.807) is 0 Å². The molecule has 214 valence electrons. The molecule has 3 aromatic rings. The van der Waals surface area contributed by atoms with Crippen LogP contribution < -0.4 is 10.6 Å². The first-order valence-corrected chi connectivity index (χ1v) is 14.6. The van der Waals surface area contributed by atoms with Crippen molar-refractivity contribution in [1.29, 1.82) is 0 Å². The molecule has 0 fully saturated rings. The molecule has 9 nitrogen and oxygen atoms in total. The van der Waals surface area contributed by atoms with Crippen molar-refractivity contribution in [1.82, 2.24) is 9.62 Å². The van der Waals surface area contributed by atoms with Gasteiger partial charge in [-0.2, -0.15) is 4.31 Å². The van der Waals surface area contributed by atoms with Gasteiger partial charge in [0.25, 0.3) is 0 Å². The number of rotatable bonds is 13. The van der Waals surface area contributed by atoms with Gasteiger partial charge < -0.3 is 20.5 Å². The number of amides is 2. The molecule has 0 aliphatic carbocycles. The van der Waals surface area contributed by atoms with Crippen LogP contribution in [-0.2, 0) is 32.6 Å². The number of ether oxygens (including phenoxy) is 1. The van der Waals surface area contributed by atoms with Gasteiger partial charge >= 0.3 is 6.09 Å². The third-order valence-electron chi connectivity index (χ3n) is 6.05. The van der Waals surface area contributed by atoms with E-state index in [1.807, 2.05) is 74.5 Å². The van der Waals surface area contributed by atoms with Crippen molar-refractivity contribution in [3.05, 3.63) is 96.1 Å². The summed E-state index contributed by atoms with van der Waals surface area (Å²) in [7, 11) is -4.00. The van der Waals surface area contributed by atoms with Crippen LogP contribution in [0.1, 0.15) is 31.9 Å². The summed E-state index contributed by atoms with van der Waals surface area (Å²) in [4.78, 5) is 24.1. The summed E-state index contributed by atoms with van der Waals surface area (Å²) in [6, 6.07) is 23.6. The maximum absolute atomic E-state index is 13.6. The fourth-order valence-electron chi connectivity index (χ4n) is 4.14. The summed E-state index contributed by atoms with van der Waals surface area (Å²) >= 11 is 0. The second kappa shape index (κ2) is 14.6. The number of aliphatic hydroxyl groups is 1. The normalized spacial score (nSPS) is 13.1. The lowest BCUT2D eigenvalue weighted by molar-refractivity contribution is -0.114. The number of anilines is 1. The number of nitrogens with one attached hydrogen (secondary N) is 2. The van der Waals surface area contributed by atoms with Crippen molar-refractivity contribution in [3.8, 4) is 0 Å². The van der Waals surface area contributed by atoms with E-state index in [1.165, 1.54) is 35.5 Å². The fraction of sp³-hybridized carbons (Fsp3) is 0.333. The SMILES string of the molecule is CC(=O)Nc1ccc(S(=O)(=O)N(CC(C)C)C[C@@H](O)C(Cc2ccccc2)NC(=O)OCc2ccccc2)cc1. The average molecular weight is 568 g/mol. The van der Waals surface area contributed by atoms with Crippen LogP contribution in [0.15, 0.2) is 89.8 Å². The van der Waals surface area contributed by atoms with Gasteiger partial charge in [-0.25, -0.2) is 13.2 Å². The Morgan fingerprint density at radius 3 is 2.00 bits per heavy atom. The molecule has 0 saturated carbocycles. The Morgan fingerprint density at radius 1 is 0.875 bits per heavy atom. The van der Waals surface area contributed by atoms with Crippen molar-refractivity contribution in [2.75, 3.05) is 18.4 Å². The molecule has 0 aliphatic rings. The Morgan fingerprint density at radius 2 is 1.45 bits per heavy atom. The minimum atomic E-state index is -4.00. The van der Waals surface area contributed by atoms with Crippen LogP contribution in [0.2, 0.25) is 0 Å². The van der Waals surface area contributed by atoms with Gasteiger partial charge in [0.2, 0.25) is 15.9 Å². The van der Waals surface area contributed by atoms with Gasteiger partial charge in [-0.05, 0) is 47.7 Å². The van der Waals surface area contributed by atoms with Gasteiger partial charge in [0, 0.05) is 25.7 Å². The Kier molecular flexibility index (Phi) is 11.2. The lowest BCUT2D eigenvalue weighted by Gasteiger charge is -2.30. The summed E-state index contributed by atoms with van der Waals surface area (Å²) < 4.78 is 33.8. The number of carbonyl (C=O) groups is 2. The van der Waals surface area contributed by atoms with Gasteiger partial charge in [0.05, 0.1) is 17.0 Å². The molecule has 0 radical (unpaired) electrons. The summed E-state index contributed by atoms with van der Waals surface area (Å²) in [5.74, 6) is -0.295. The Hall–Kier alpha value is -3.73. The van der Waals surface area contributed by atoms with Gasteiger partial charge in [-0.15, -0.1) is 0 Å². The zero-order valence-corrected chi connectivity index (χ0v) is 23.8. The third kappa shape index (κ3) is 9.48. The zero-order chi connectivity index (χ0) is 29.1. The van der Waals surface area contributed by atoms with Crippen LogP contribution in [-0.4, -0.2) is 55.1 Å². The minimum Gasteiger partial charge on any atom is -0.445 e. The minimum absolute atomic E-state index is 0.0306. The summed E-state index contributed by atoms with van der Waals surface area (Å²) in [5, 5.41) is 16.7. The molecule has 3 aromatic carbocycles. The number of carbonyl (C=O) groups excluding carboxylic acids is 2. The molecular formula is C30H37N3O6S. The standard InChI is InChI=1S/C30H37N3O6S/c1-22(2)19-33(40(37,38)27-16-14-26(15-17-27)31-23(3)34)20-29(35)28(18-24-10-6-4-7-11-24)32-30(36)39-21-25-12-8-5-9-13-25/h4-17,22,28-29,35H,18-21H2,1-3H3,(H,31,34)(H,32,36)/t28?,29-/m1/s1. The van der Waals surface area contributed by atoms with Crippen molar-refractivity contribution in [3.63, 3.8) is 0 Å². The van der Waals surface area contributed by atoms with Crippen LogP contribution in [0, 0.1) is 5.92 Å². The molecular weight excluding hydrogens is 530 g/mol. The second-order valence-corrected chi connectivity index (χ2v) is 11.9. The Balaban J connectivity index is 1.79. The number of sulfonamides is 1. The average Bonchev–Trinajstić information content (AvgIpc) is 2.92. The van der Waals surface area contributed by atoms with E-state index in [0.717, 1.165) is 11.1 Å². The first-order chi connectivity index (χ1) is 19.0. The maximum atomic E-state index is 13.6. The fourth-order valence-corrected chi connectivity index (χ4v) is 5.77. The monoisotopic (exact) mass is 567 g/mol. The number of hydrogen-bond acceptors (Lipinski definition) is 6. The summed E-state index contributed by atoms with van der Waals surface area (Å²) in [6.45, 7) is 5.11. The largest absolute Gasteiger partial charge is 0.445 e. The maximum Gasteiger partial charge on any atom is 0.407 e. The number of alkyl carbamates (subject to hydrolysis) is 1. The van der Waals surface area contributed by atoms with Crippen LogP contribution in [0.4, 0.5) is 10.5 Å². The molecule has 1 unspecified atom stereocenters. The van der Waals surface area contributed by atoms with Crippen LogP contribution in [0.25, 0.3) is 0 Å². The zero-order valence-electron chi connectivity index (χ0n) is 23.0. The van der Waals surface area contributed by atoms with Crippen molar-refractivity contribution >= 4 is 27.7 Å². The van der Waals surface area contributed by atoms with E-state index in [-0.39, 0.29) is 42.8 Å². The van der Waals surface area contributed by atoms with Crippen molar-refractivity contribution in [2.45, 2.75) is 50.8 Å². The molecule has 40 heavy (non-hydrogen) atoms. The topological polar surface area (TPSA) is 125 Å². The highest BCUT2D eigenvalue weighted by atomic mass is 32.2. The van der Waals surface area contributed by atoms with E-state index >= 15 is 0 Å².